The predicted octanol–water partition coefficient (Wildman–Crippen LogP) is 2.11. The van der Waals surface area contributed by atoms with Crippen molar-refractivity contribution in [3.63, 3.8) is 0 Å². The Hall–Kier alpha value is -2.17. The van der Waals surface area contributed by atoms with Crippen LogP contribution in [0.1, 0.15) is 5.69 Å². The number of nitrogens with zero attached hydrogens (tertiary/aromatic N) is 3. The summed E-state index contributed by atoms with van der Waals surface area (Å²) in [6.07, 6.45) is 1.89. The van der Waals surface area contributed by atoms with Gasteiger partial charge in [-0.3, -0.25) is 0 Å². The Morgan fingerprint density at radius 3 is 2.47 bits per heavy atom. The number of methoxy groups -OCH3 is 1. The normalized spacial score (nSPS) is 10.3. The summed E-state index contributed by atoms with van der Waals surface area (Å²) >= 11 is 0. The molecule has 0 unspecified atom stereocenters. The molecule has 1 aromatic heterocycles. The predicted molar refractivity (Wildman–Crippen MR) is 77.9 cm³/mol. The minimum absolute atomic E-state index is 0.740. The molecule has 0 saturated heterocycles. The number of hydrogen-bond acceptors (Lipinski definition) is 4. The second kappa shape index (κ2) is 5.65. The molecule has 1 heterocycles. The van der Waals surface area contributed by atoms with Crippen molar-refractivity contribution in [3.05, 3.63) is 36.2 Å². The van der Waals surface area contributed by atoms with E-state index in [2.05, 4.69) is 14.9 Å². The SMILES string of the molecule is COc1ccc(NCc2cnc(N(C)C)n2C)cc1. The Bertz CT molecular complexity index is 531. The van der Waals surface area contributed by atoms with Gasteiger partial charge in [0.25, 0.3) is 0 Å². The summed E-state index contributed by atoms with van der Waals surface area (Å²) in [5.74, 6) is 1.81. The lowest BCUT2D eigenvalue weighted by Gasteiger charge is -2.13. The molecule has 0 atom stereocenters. The summed E-state index contributed by atoms with van der Waals surface area (Å²) in [6, 6.07) is 7.89. The first kappa shape index (κ1) is 13.3. The minimum atomic E-state index is 0.740. The zero-order valence-corrected chi connectivity index (χ0v) is 11.8. The van der Waals surface area contributed by atoms with Gasteiger partial charge in [0, 0.05) is 26.8 Å². The van der Waals surface area contributed by atoms with Gasteiger partial charge in [0.2, 0.25) is 5.95 Å². The van der Waals surface area contributed by atoms with Gasteiger partial charge in [0.1, 0.15) is 5.75 Å². The molecule has 0 radical (unpaired) electrons. The molecule has 0 aliphatic heterocycles. The molecular weight excluding hydrogens is 240 g/mol. The summed E-state index contributed by atoms with van der Waals surface area (Å²) in [7, 11) is 7.67. The monoisotopic (exact) mass is 260 g/mol. The van der Waals surface area contributed by atoms with Crippen molar-refractivity contribution < 1.29 is 4.74 Å². The third-order valence-electron chi connectivity index (χ3n) is 3.02. The van der Waals surface area contributed by atoms with E-state index in [0.29, 0.717) is 0 Å². The third-order valence-corrected chi connectivity index (χ3v) is 3.02. The number of ether oxygens (including phenoxy) is 1. The lowest BCUT2D eigenvalue weighted by atomic mass is 10.3. The van der Waals surface area contributed by atoms with Crippen LogP contribution in [0, 0.1) is 0 Å². The molecule has 1 N–H and O–H groups in total. The van der Waals surface area contributed by atoms with E-state index in [4.69, 9.17) is 4.74 Å². The molecule has 102 valence electrons. The van der Waals surface area contributed by atoms with Crippen LogP contribution in [0.15, 0.2) is 30.5 Å². The molecule has 0 amide bonds. The highest BCUT2D eigenvalue weighted by Gasteiger charge is 2.07. The van der Waals surface area contributed by atoms with Crippen LogP contribution >= 0.6 is 0 Å². The van der Waals surface area contributed by atoms with Gasteiger partial charge < -0.3 is 19.5 Å². The summed E-state index contributed by atoms with van der Waals surface area (Å²) in [6.45, 7) is 0.740. The third kappa shape index (κ3) is 2.99. The Balaban J connectivity index is 2.02. The van der Waals surface area contributed by atoms with Crippen LogP contribution in [-0.4, -0.2) is 30.8 Å². The summed E-state index contributed by atoms with van der Waals surface area (Å²) in [4.78, 5) is 6.38. The van der Waals surface area contributed by atoms with Crippen LogP contribution in [0.2, 0.25) is 0 Å². The maximum absolute atomic E-state index is 5.13. The van der Waals surface area contributed by atoms with Gasteiger partial charge in [-0.2, -0.15) is 0 Å². The first-order valence-corrected chi connectivity index (χ1v) is 6.17. The molecule has 0 aliphatic rings. The molecule has 2 rings (SSSR count). The highest BCUT2D eigenvalue weighted by molar-refractivity contribution is 5.46. The molecule has 5 nitrogen and oxygen atoms in total. The fraction of sp³-hybridized carbons (Fsp3) is 0.357. The summed E-state index contributed by atoms with van der Waals surface area (Å²) < 4.78 is 7.21. The first-order valence-electron chi connectivity index (χ1n) is 6.17. The Labute approximate surface area is 113 Å². The zero-order chi connectivity index (χ0) is 13.8. The fourth-order valence-electron chi connectivity index (χ4n) is 1.92. The number of imidazole rings is 1. The molecule has 2 aromatic rings. The van der Waals surface area contributed by atoms with Crippen molar-refractivity contribution in [1.82, 2.24) is 9.55 Å². The summed E-state index contributed by atoms with van der Waals surface area (Å²) in [5.41, 5.74) is 2.20. The van der Waals surface area contributed by atoms with Gasteiger partial charge >= 0.3 is 0 Å². The molecular formula is C14H20N4O. The van der Waals surface area contributed by atoms with E-state index in [0.717, 1.165) is 29.6 Å². The molecule has 19 heavy (non-hydrogen) atoms. The van der Waals surface area contributed by atoms with Gasteiger partial charge in [-0.25, -0.2) is 4.98 Å². The lowest BCUT2D eigenvalue weighted by Crippen LogP contribution is -2.15. The second-order valence-electron chi connectivity index (χ2n) is 4.59. The Morgan fingerprint density at radius 1 is 1.26 bits per heavy atom. The molecule has 0 aliphatic carbocycles. The van der Waals surface area contributed by atoms with Crippen LogP contribution in [0.25, 0.3) is 0 Å². The maximum atomic E-state index is 5.13. The van der Waals surface area contributed by atoms with Crippen molar-refractivity contribution in [2.75, 3.05) is 31.4 Å². The van der Waals surface area contributed by atoms with Crippen molar-refractivity contribution >= 4 is 11.6 Å². The first-order chi connectivity index (χ1) is 9.11. The average Bonchev–Trinajstić information content (AvgIpc) is 2.78. The van der Waals surface area contributed by atoms with Crippen molar-refractivity contribution in [1.29, 1.82) is 0 Å². The smallest absolute Gasteiger partial charge is 0.204 e. The Morgan fingerprint density at radius 2 is 1.95 bits per heavy atom. The van der Waals surface area contributed by atoms with Gasteiger partial charge in [-0.05, 0) is 24.3 Å². The molecule has 0 bridgehead atoms. The van der Waals surface area contributed by atoms with E-state index in [1.54, 1.807) is 7.11 Å². The number of nitrogens with one attached hydrogen (secondary N) is 1. The van der Waals surface area contributed by atoms with E-state index in [1.165, 1.54) is 0 Å². The second-order valence-corrected chi connectivity index (χ2v) is 4.59. The van der Waals surface area contributed by atoms with Gasteiger partial charge in [-0.1, -0.05) is 0 Å². The van der Waals surface area contributed by atoms with Crippen LogP contribution in [0.3, 0.4) is 0 Å². The number of anilines is 2. The fourth-order valence-corrected chi connectivity index (χ4v) is 1.92. The highest BCUT2D eigenvalue weighted by atomic mass is 16.5. The number of aromatic nitrogens is 2. The maximum Gasteiger partial charge on any atom is 0.204 e. The van der Waals surface area contributed by atoms with Crippen molar-refractivity contribution in [3.8, 4) is 5.75 Å². The number of benzene rings is 1. The molecule has 1 aromatic carbocycles. The van der Waals surface area contributed by atoms with Crippen LogP contribution < -0.4 is 15.0 Å². The van der Waals surface area contributed by atoms with Crippen molar-refractivity contribution in [2.45, 2.75) is 6.54 Å². The van der Waals surface area contributed by atoms with Gasteiger partial charge in [0.05, 0.1) is 25.5 Å². The molecule has 0 saturated carbocycles. The van der Waals surface area contributed by atoms with E-state index >= 15 is 0 Å². The average molecular weight is 260 g/mol. The molecule has 0 fully saturated rings. The zero-order valence-electron chi connectivity index (χ0n) is 11.8. The van der Waals surface area contributed by atoms with E-state index in [9.17, 15) is 0 Å². The summed E-state index contributed by atoms with van der Waals surface area (Å²) in [5, 5.41) is 3.37. The quantitative estimate of drug-likeness (QED) is 0.894. The number of hydrogen-bond donors (Lipinski definition) is 1. The van der Waals surface area contributed by atoms with Gasteiger partial charge in [0.15, 0.2) is 0 Å². The molecule has 5 heteroatoms. The lowest BCUT2D eigenvalue weighted by molar-refractivity contribution is 0.415. The van der Waals surface area contributed by atoms with Crippen molar-refractivity contribution in [2.24, 2.45) is 7.05 Å². The van der Waals surface area contributed by atoms with E-state index in [-0.39, 0.29) is 0 Å². The van der Waals surface area contributed by atoms with Gasteiger partial charge in [-0.15, -0.1) is 0 Å². The van der Waals surface area contributed by atoms with Crippen LogP contribution in [0.4, 0.5) is 11.6 Å². The number of rotatable bonds is 5. The Kier molecular flexibility index (Phi) is 3.94. The van der Waals surface area contributed by atoms with Crippen LogP contribution in [0.5, 0.6) is 5.75 Å². The van der Waals surface area contributed by atoms with E-state index in [1.807, 2.05) is 56.5 Å². The largest absolute Gasteiger partial charge is 0.497 e. The highest BCUT2D eigenvalue weighted by Crippen LogP contribution is 2.17. The topological polar surface area (TPSA) is 42.3 Å². The molecule has 0 spiro atoms. The van der Waals surface area contributed by atoms with E-state index < -0.39 is 0 Å². The standard InChI is InChI=1S/C14H20N4O/c1-17(2)14-16-10-12(18(14)3)9-15-11-5-7-13(19-4)8-6-11/h5-8,10,15H,9H2,1-4H3. The van der Waals surface area contributed by atoms with Crippen LogP contribution in [-0.2, 0) is 13.6 Å². The minimum Gasteiger partial charge on any atom is -0.497 e.